The SMILES string of the molecule is CCCCc1ccc(NC(=S)N(CCCN2CCOCC2)Cc2cccs2)cc1. The third kappa shape index (κ3) is 7.70. The molecule has 4 nitrogen and oxygen atoms in total. The molecule has 0 saturated carbocycles. The molecule has 1 N–H and O–H groups in total. The van der Waals surface area contributed by atoms with E-state index in [-0.39, 0.29) is 0 Å². The molecule has 1 aliphatic heterocycles. The number of thiocarbonyl (C=S) groups is 1. The Morgan fingerprint density at radius 3 is 2.66 bits per heavy atom. The molecule has 0 aliphatic carbocycles. The highest BCUT2D eigenvalue weighted by Crippen LogP contribution is 2.16. The molecule has 158 valence electrons. The number of unbranched alkanes of at least 4 members (excludes halogenated alkanes) is 1. The van der Waals surface area contributed by atoms with E-state index in [0.29, 0.717) is 0 Å². The zero-order valence-electron chi connectivity index (χ0n) is 17.4. The second-order valence-electron chi connectivity index (χ2n) is 7.54. The highest BCUT2D eigenvalue weighted by Gasteiger charge is 2.14. The Kier molecular flexibility index (Phi) is 9.41. The quantitative estimate of drug-likeness (QED) is 0.534. The second-order valence-corrected chi connectivity index (χ2v) is 8.96. The zero-order chi connectivity index (χ0) is 20.3. The first-order chi connectivity index (χ1) is 14.2. The van der Waals surface area contributed by atoms with Crippen LogP contribution in [0.4, 0.5) is 5.69 Å². The van der Waals surface area contributed by atoms with Crippen LogP contribution in [-0.2, 0) is 17.7 Å². The van der Waals surface area contributed by atoms with Gasteiger partial charge < -0.3 is 15.0 Å². The molecule has 29 heavy (non-hydrogen) atoms. The highest BCUT2D eigenvalue weighted by molar-refractivity contribution is 7.80. The van der Waals surface area contributed by atoms with E-state index < -0.39 is 0 Å². The lowest BCUT2D eigenvalue weighted by Crippen LogP contribution is -2.39. The van der Waals surface area contributed by atoms with E-state index >= 15 is 0 Å². The number of benzene rings is 1. The molecule has 2 heterocycles. The molecular weight excluding hydrogens is 398 g/mol. The molecule has 1 fully saturated rings. The van der Waals surface area contributed by atoms with E-state index in [1.165, 1.54) is 23.3 Å². The van der Waals surface area contributed by atoms with E-state index in [9.17, 15) is 0 Å². The molecule has 0 amide bonds. The van der Waals surface area contributed by atoms with Gasteiger partial charge in [-0.1, -0.05) is 31.5 Å². The Morgan fingerprint density at radius 2 is 1.97 bits per heavy atom. The standard InChI is InChI=1S/C23H33N3OS2/c1-2-3-6-20-8-10-21(11-9-20)24-23(28)26(19-22-7-4-18-29-22)13-5-12-25-14-16-27-17-15-25/h4,7-11,18H,2-3,5-6,12-17,19H2,1H3,(H,24,28). The van der Waals surface area contributed by atoms with Crippen LogP contribution < -0.4 is 5.32 Å². The van der Waals surface area contributed by atoms with E-state index in [2.05, 4.69) is 63.8 Å². The molecule has 1 aromatic carbocycles. The van der Waals surface area contributed by atoms with Crippen LogP contribution in [0, 0.1) is 0 Å². The predicted octanol–water partition coefficient (Wildman–Crippen LogP) is 5.01. The smallest absolute Gasteiger partial charge is 0.173 e. The molecule has 1 saturated heterocycles. The van der Waals surface area contributed by atoms with Crippen molar-refractivity contribution in [3.05, 3.63) is 52.2 Å². The van der Waals surface area contributed by atoms with Crippen molar-refractivity contribution in [1.82, 2.24) is 9.80 Å². The number of thiophene rings is 1. The molecule has 6 heteroatoms. The van der Waals surface area contributed by atoms with Gasteiger partial charge in [0.25, 0.3) is 0 Å². The largest absolute Gasteiger partial charge is 0.379 e. The van der Waals surface area contributed by atoms with Crippen LogP contribution in [0.3, 0.4) is 0 Å². The van der Waals surface area contributed by atoms with Crippen molar-refractivity contribution >= 4 is 34.4 Å². The van der Waals surface area contributed by atoms with Gasteiger partial charge in [-0.2, -0.15) is 0 Å². The van der Waals surface area contributed by atoms with Crippen molar-refractivity contribution in [2.75, 3.05) is 44.7 Å². The Hall–Kier alpha value is -1.47. The number of rotatable bonds is 10. The fourth-order valence-electron chi connectivity index (χ4n) is 3.49. The predicted molar refractivity (Wildman–Crippen MR) is 128 cm³/mol. The molecule has 0 bridgehead atoms. The molecule has 3 rings (SSSR count). The van der Waals surface area contributed by atoms with Gasteiger partial charge >= 0.3 is 0 Å². The lowest BCUT2D eigenvalue weighted by molar-refractivity contribution is 0.0368. The van der Waals surface area contributed by atoms with E-state index in [1.54, 1.807) is 11.3 Å². The van der Waals surface area contributed by atoms with Gasteiger partial charge in [0.05, 0.1) is 19.8 Å². The number of nitrogens with one attached hydrogen (secondary N) is 1. The summed E-state index contributed by atoms with van der Waals surface area (Å²) in [5.74, 6) is 0. The molecule has 1 aliphatic rings. The van der Waals surface area contributed by atoms with Crippen LogP contribution in [0.2, 0.25) is 0 Å². The molecular formula is C23H33N3OS2. The van der Waals surface area contributed by atoms with Gasteiger partial charge in [0, 0.05) is 36.7 Å². The second kappa shape index (κ2) is 12.3. The Morgan fingerprint density at radius 1 is 1.17 bits per heavy atom. The third-order valence-corrected chi connectivity index (χ3v) is 6.47. The highest BCUT2D eigenvalue weighted by atomic mass is 32.1. The Bertz CT molecular complexity index is 712. The number of nitrogens with zero attached hydrogens (tertiary/aromatic N) is 2. The first kappa shape index (κ1) is 22.2. The van der Waals surface area contributed by atoms with E-state index in [1.807, 2.05) is 0 Å². The third-order valence-electron chi connectivity index (χ3n) is 5.24. The van der Waals surface area contributed by atoms with Crippen molar-refractivity contribution in [1.29, 1.82) is 0 Å². The van der Waals surface area contributed by atoms with Crippen molar-refractivity contribution in [2.45, 2.75) is 39.2 Å². The summed E-state index contributed by atoms with van der Waals surface area (Å²) < 4.78 is 5.45. The minimum atomic E-state index is 0.807. The molecule has 1 aromatic heterocycles. The Labute approximate surface area is 184 Å². The van der Waals surface area contributed by atoms with Gasteiger partial charge in [-0.05, 0) is 60.6 Å². The number of hydrogen-bond donors (Lipinski definition) is 1. The summed E-state index contributed by atoms with van der Waals surface area (Å²) in [6, 6.07) is 13.0. The van der Waals surface area contributed by atoms with Crippen LogP contribution in [0.5, 0.6) is 0 Å². The van der Waals surface area contributed by atoms with Crippen LogP contribution in [0.1, 0.15) is 36.6 Å². The lowest BCUT2D eigenvalue weighted by atomic mass is 10.1. The minimum absolute atomic E-state index is 0.807. The molecule has 0 atom stereocenters. The zero-order valence-corrected chi connectivity index (χ0v) is 19.1. The van der Waals surface area contributed by atoms with Crippen LogP contribution in [0.15, 0.2) is 41.8 Å². The summed E-state index contributed by atoms with van der Waals surface area (Å²) in [7, 11) is 0. The van der Waals surface area contributed by atoms with Crippen molar-refractivity contribution in [2.24, 2.45) is 0 Å². The lowest BCUT2D eigenvalue weighted by Gasteiger charge is -2.29. The van der Waals surface area contributed by atoms with Gasteiger partial charge in [-0.3, -0.25) is 4.90 Å². The first-order valence-electron chi connectivity index (χ1n) is 10.7. The molecule has 0 radical (unpaired) electrons. The maximum Gasteiger partial charge on any atom is 0.173 e. The van der Waals surface area contributed by atoms with Crippen LogP contribution >= 0.6 is 23.6 Å². The topological polar surface area (TPSA) is 27.7 Å². The summed E-state index contributed by atoms with van der Waals surface area (Å²) in [5, 5.41) is 6.39. The number of ether oxygens (including phenoxy) is 1. The number of hydrogen-bond acceptors (Lipinski definition) is 4. The molecule has 2 aromatic rings. The number of aryl methyl sites for hydroxylation is 1. The minimum Gasteiger partial charge on any atom is -0.379 e. The molecule has 0 spiro atoms. The summed E-state index contributed by atoms with van der Waals surface area (Å²) in [6.45, 7) is 8.93. The van der Waals surface area contributed by atoms with Gasteiger partial charge in [0.15, 0.2) is 5.11 Å². The van der Waals surface area contributed by atoms with Crippen LogP contribution in [0.25, 0.3) is 0 Å². The van der Waals surface area contributed by atoms with Crippen molar-refractivity contribution in [3.63, 3.8) is 0 Å². The monoisotopic (exact) mass is 431 g/mol. The van der Waals surface area contributed by atoms with Gasteiger partial charge in [0.1, 0.15) is 0 Å². The first-order valence-corrected chi connectivity index (χ1v) is 12.0. The van der Waals surface area contributed by atoms with Crippen molar-refractivity contribution < 1.29 is 4.74 Å². The average Bonchev–Trinajstić information content (AvgIpc) is 3.26. The maximum absolute atomic E-state index is 5.79. The number of morpholine rings is 1. The van der Waals surface area contributed by atoms with E-state index in [0.717, 1.165) is 69.6 Å². The summed E-state index contributed by atoms with van der Waals surface area (Å²) in [6.07, 6.45) is 4.71. The molecule has 0 unspecified atom stereocenters. The fourth-order valence-corrected chi connectivity index (χ4v) is 4.48. The van der Waals surface area contributed by atoms with Gasteiger partial charge in [-0.15, -0.1) is 11.3 Å². The van der Waals surface area contributed by atoms with Gasteiger partial charge in [0.2, 0.25) is 0 Å². The van der Waals surface area contributed by atoms with Crippen LogP contribution in [-0.4, -0.2) is 54.3 Å². The summed E-state index contributed by atoms with van der Waals surface area (Å²) >= 11 is 7.58. The Balaban J connectivity index is 1.54. The average molecular weight is 432 g/mol. The summed E-state index contributed by atoms with van der Waals surface area (Å²) in [5.41, 5.74) is 2.46. The van der Waals surface area contributed by atoms with Crippen molar-refractivity contribution in [3.8, 4) is 0 Å². The summed E-state index contributed by atoms with van der Waals surface area (Å²) in [4.78, 5) is 6.13. The normalized spacial score (nSPS) is 14.7. The number of anilines is 1. The van der Waals surface area contributed by atoms with E-state index in [4.69, 9.17) is 17.0 Å². The maximum atomic E-state index is 5.79. The fraction of sp³-hybridized carbons (Fsp3) is 0.522. The van der Waals surface area contributed by atoms with Gasteiger partial charge in [-0.25, -0.2) is 0 Å².